The zero-order chi connectivity index (χ0) is 8.97. The van der Waals surface area contributed by atoms with Crippen LogP contribution in [0.1, 0.15) is 19.8 Å². The third-order valence-corrected chi connectivity index (χ3v) is 1.98. The van der Waals surface area contributed by atoms with Crippen LogP contribution in [-0.4, -0.2) is 30.7 Å². The molecule has 1 amide bonds. The Kier molecular flexibility index (Phi) is 3.14. The van der Waals surface area contributed by atoms with Gasteiger partial charge in [0.05, 0.1) is 6.04 Å². The van der Waals surface area contributed by atoms with Gasteiger partial charge in [0, 0.05) is 7.05 Å². The summed E-state index contributed by atoms with van der Waals surface area (Å²) in [5, 5.41) is 0. The van der Waals surface area contributed by atoms with Crippen LogP contribution in [-0.2, 0) is 4.74 Å². The van der Waals surface area contributed by atoms with Gasteiger partial charge in [-0.1, -0.05) is 25.5 Å². The zero-order valence-electron chi connectivity index (χ0n) is 7.62. The number of nitrogens with zero attached hydrogens (tertiary/aromatic N) is 1. The highest BCUT2D eigenvalue weighted by molar-refractivity contribution is 5.70. The molecule has 1 aliphatic heterocycles. The second-order valence-electron chi connectivity index (χ2n) is 2.97. The van der Waals surface area contributed by atoms with Crippen LogP contribution >= 0.6 is 0 Å². The van der Waals surface area contributed by atoms with Gasteiger partial charge in [0.1, 0.15) is 6.61 Å². The monoisotopic (exact) mass is 169 g/mol. The Bertz CT molecular complexity index is 189. The lowest BCUT2D eigenvalue weighted by Gasteiger charge is -2.10. The fourth-order valence-corrected chi connectivity index (χ4v) is 1.11. The molecule has 0 aliphatic carbocycles. The van der Waals surface area contributed by atoms with E-state index >= 15 is 0 Å². The van der Waals surface area contributed by atoms with E-state index in [-0.39, 0.29) is 12.1 Å². The summed E-state index contributed by atoms with van der Waals surface area (Å²) in [6.07, 6.45) is 6.12. The first-order valence-corrected chi connectivity index (χ1v) is 4.32. The van der Waals surface area contributed by atoms with Crippen LogP contribution in [0.5, 0.6) is 0 Å². The molecule has 1 saturated heterocycles. The van der Waals surface area contributed by atoms with E-state index in [0.29, 0.717) is 6.61 Å². The Hall–Kier alpha value is -0.990. The molecule has 1 aliphatic rings. The number of carbonyl (C=O) groups is 1. The number of carbonyl (C=O) groups excluding carboxylic acids is 1. The maximum Gasteiger partial charge on any atom is 0.410 e. The molecule has 1 fully saturated rings. The fourth-order valence-electron chi connectivity index (χ4n) is 1.11. The van der Waals surface area contributed by atoms with E-state index in [9.17, 15) is 4.79 Å². The average molecular weight is 169 g/mol. The van der Waals surface area contributed by atoms with Crippen LogP contribution in [0.2, 0.25) is 0 Å². The van der Waals surface area contributed by atoms with Crippen molar-refractivity contribution in [2.24, 2.45) is 0 Å². The van der Waals surface area contributed by atoms with Crippen molar-refractivity contribution >= 4 is 6.09 Å². The lowest BCUT2D eigenvalue weighted by Crippen LogP contribution is -2.27. The van der Waals surface area contributed by atoms with E-state index in [0.717, 1.165) is 12.8 Å². The second kappa shape index (κ2) is 4.14. The van der Waals surface area contributed by atoms with Crippen LogP contribution in [0.25, 0.3) is 0 Å². The fraction of sp³-hybridized carbons (Fsp3) is 0.667. The van der Waals surface area contributed by atoms with Crippen molar-refractivity contribution in [3.05, 3.63) is 12.2 Å². The standard InChI is InChI=1S/C9H15NO2/c1-3-4-5-6-8-7-12-9(11)10(8)2/h5-6,8H,3-4,7H2,1-2H3/b6-5+. The van der Waals surface area contributed by atoms with Gasteiger partial charge in [-0.25, -0.2) is 4.79 Å². The van der Waals surface area contributed by atoms with Crippen molar-refractivity contribution in [3.8, 4) is 0 Å². The molecule has 1 unspecified atom stereocenters. The summed E-state index contributed by atoms with van der Waals surface area (Å²) in [5.74, 6) is 0. The smallest absolute Gasteiger partial charge is 0.410 e. The van der Waals surface area contributed by atoms with E-state index in [1.807, 2.05) is 6.08 Å². The Labute approximate surface area is 73.0 Å². The van der Waals surface area contributed by atoms with Crippen LogP contribution in [0.4, 0.5) is 4.79 Å². The summed E-state index contributed by atoms with van der Waals surface area (Å²) < 4.78 is 4.84. The van der Waals surface area contributed by atoms with E-state index in [1.165, 1.54) is 0 Å². The number of hydrogen-bond acceptors (Lipinski definition) is 2. The molecule has 0 aromatic heterocycles. The van der Waals surface area contributed by atoms with Gasteiger partial charge >= 0.3 is 6.09 Å². The van der Waals surface area contributed by atoms with Gasteiger partial charge in [-0.3, -0.25) is 0 Å². The van der Waals surface area contributed by atoms with Crippen molar-refractivity contribution in [1.29, 1.82) is 0 Å². The molecule has 1 rings (SSSR count). The van der Waals surface area contributed by atoms with E-state index in [4.69, 9.17) is 4.74 Å². The molecular weight excluding hydrogens is 154 g/mol. The topological polar surface area (TPSA) is 29.5 Å². The number of cyclic esters (lactones) is 1. The van der Waals surface area contributed by atoms with E-state index in [2.05, 4.69) is 13.0 Å². The summed E-state index contributed by atoms with van der Waals surface area (Å²) in [7, 11) is 1.76. The molecule has 12 heavy (non-hydrogen) atoms. The number of rotatable bonds is 3. The molecule has 1 atom stereocenters. The first-order chi connectivity index (χ1) is 5.75. The predicted octanol–water partition coefficient (Wildman–Crippen LogP) is 1.79. The second-order valence-corrected chi connectivity index (χ2v) is 2.97. The van der Waals surface area contributed by atoms with Gasteiger partial charge < -0.3 is 9.64 Å². The summed E-state index contributed by atoms with van der Waals surface area (Å²) >= 11 is 0. The summed E-state index contributed by atoms with van der Waals surface area (Å²) in [4.78, 5) is 12.5. The van der Waals surface area contributed by atoms with Gasteiger partial charge in [0.25, 0.3) is 0 Å². The van der Waals surface area contributed by atoms with Gasteiger partial charge in [-0.05, 0) is 6.42 Å². The third kappa shape index (κ3) is 2.00. The Morgan fingerprint density at radius 1 is 1.75 bits per heavy atom. The Morgan fingerprint density at radius 2 is 2.50 bits per heavy atom. The third-order valence-electron chi connectivity index (χ3n) is 1.98. The molecule has 0 radical (unpaired) electrons. The molecule has 0 spiro atoms. The van der Waals surface area contributed by atoms with Crippen molar-refractivity contribution < 1.29 is 9.53 Å². The maximum absolute atomic E-state index is 10.9. The summed E-state index contributed by atoms with van der Waals surface area (Å²) in [6.45, 7) is 2.62. The molecule has 3 heteroatoms. The van der Waals surface area contributed by atoms with E-state index < -0.39 is 0 Å². The van der Waals surface area contributed by atoms with Gasteiger partial charge in [-0.15, -0.1) is 0 Å². The number of ether oxygens (including phenoxy) is 1. The van der Waals surface area contributed by atoms with Crippen LogP contribution in [0, 0.1) is 0 Å². The van der Waals surface area contributed by atoms with Crippen molar-refractivity contribution in [3.63, 3.8) is 0 Å². The summed E-state index contributed by atoms with van der Waals surface area (Å²) in [5.41, 5.74) is 0. The Balaban J connectivity index is 2.38. The molecule has 3 nitrogen and oxygen atoms in total. The quantitative estimate of drug-likeness (QED) is 0.603. The van der Waals surface area contributed by atoms with E-state index in [1.54, 1.807) is 11.9 Å². The lowest BCUT2D eigenvalue weighted by atomic mass is 10.2. The minimum absolute atomic E-state index is 0.143. The number of likely N-dealkylation sites (N-methyl/N-ethyl adjacent to an activating group) is 1. The molecule has 0 aromatic rings. The highest BCUT2D eigenvalue weighted by Crippen LogP contribution is 2.10. The zero-order valence-corrected chi connectivity index (χ0v) is 7.62. The molecule has 0 N–H and O–H groups in total. The lowest BCUT2D eigenvalue weighted by molar-refractivity contribution is 0.163. The minimum atomic E-state index is -0.221. The normalized spacial score (nSPS) is 23.7. The van der Waals surface area contributed by atoms with Crippen molar-refractivity contribution in [1.82, 2.24) is 4.90 Å². The highest BCUT2D eigenvalue weighted by Gasteiger charge is 2.26. The van der Waals surface area contributed by atoms with Crippen molar-refractivity contribution in [2.75, 3.05) is 13.7 Å². The number of unbranched alkanes of at least 4 members (excludes halogenated alkanes) is 1. The maximum atomic E-state index is 10.9. The molecule has 0 saturated carbocycles. The largest absolute Gasteiger partial charge is 0.447 e. The molecule has 1 heterocycles. The predicted molar refractivity (Wildman–Crippen MR) is 46.9 cm³/mol. The Morgan fingerprint density at radius 3 is 3.00 bits per heavy atom. The number of hydrogen-bond donors (Lipinski definition) is 0. The average Bonchev–Trinajstić information content (AvgIpc) is 2.36. The number of allylic oxidation sites excluding steroid dienone is 1. The van der Waals surface area contributed by atoms with Crippen molar-refractivity contribution in [2.45, 2.75) is 25.8 Å². The molecule has 0 aromatic carbocycles. The minimum Gasteiger partial charge on any atom is -0.447 e. The van der Waals surface area contributed by atoms with Gasteiger partial charge in [-0.2, -0.15) is 0 Å². The molecular formula is C9H15NO2. The number of amides is 1. The van der Waals surface area contributed by atoms with Gasteiger partial charge in [0.2, 0.25) is 0 Å². The van der Waals surface area contributed by atoms with Gasteiger partial charge in [0.15, 0.2) is 0 Å². The molecule has 68 valence electrons. The van der Waals surface area contributed by atoms with Crippen LogP contribution < -0.4 is 0 Å². The van der Waals surface area contributed by atoms with Crippen LogP contribution in [0.3, 0.4) is 0 Å². The first kappa shape index (κ1) is 9.10. The first-order valence-electron chi connectivity index (χ1n) is 4.32. The summed E-state index contributed by atoms with van der Waals surface area (Å²) in [6, 6.07) is 0.143. The van der Waals surface area contributed by atoms with Crippen LogP contribution in [0.15, 0.2) is 12.2 Å². The SMILES string of the molecule is CCC/C=C/C1COC(=O)N1C. The highest BCUT2D eigenvalue weighted by atomic mass is 16.6. The molecule has 0 bridgehead atoms.